The summed E-state index contributed by atoms with van der Waals surface area (Å²) in [5.74, 6) is -5.47. The van der Waals surface area contributed by atoms with Crippen LogP contribution < -0.4 is 0 Å². The molecule has 22 heavy (non-hydrogen) atoms. The predicted molar refractivity (Wildman–Crippen MR) is 74.5 cm³/mol. The molecular weight excluding hydrogens is 319 g/mol. The Morgan fingerprint density at radius 1 is 0.909 bits per heavy atom. The predicted octanol–water partition coefficient (Wildman–Crippen LogP) is 1.13. The van der Waals surface area contributed by atoms with Gasteiger partial charge in [-0.05, 0) is 12.8 Å². The van der Waals surface area contributed by atoms with E-state index < -0.39 is 55.3 Å². The standard InChI is InChI=1S/C12H21O9P/c1-3-5-11(9(15)16,7-8(13)14)12(6-4-2,10(17)18)22(19,20)21/h3-7H2,1-2H3,(H,13,14)(H,15,16)(H,17,18)(H2,19,20,21). The van der Waals surface area contributed by atoms with Gasteiger partial charge in [0.15, 0.2) is 5.16 Å². The van der Waals surface area contributed by atoms with Crippen molar-refractivity contribution in [1.29, 1.82) is 0 Å². The Morgan fingerprint density at radius 2 is 1.36 bits per heavy atom. The van der Waals surface area contributed by atoms with E-state index in [9.17, 15) is 38.9 Å². The molecular formula is C12H21O9P. The Balaban J connectivity index is 6.75. The molecule has 0 amide bonds. The molecule has 0 spiro atoms. The maximum absolute atomic E-state index is 11.9. The van der Waals surface area contributed by atoms with Crippen molar-refractivity contribution in [2.24, 2.45) is 5.41 Å². The number of carboxylic acids is 3. The van der Waals surface area contributed by atoms with Gasteiger partial charge in [-0.3, -0.25) is 18.9 Å². The average molecular weight is 340 g/mol. The van der Waals surface area contributed by atoms with E-state index in [0.717, 1.165) is 0 Å². The molecule has 0 heterocycles. The van der Waals surface area contributed by atoms with Gasteiger partial charge in [-0.15, -0.1) is 0 Å². The minimum Gasteiger partial charge on any atom is -0.481 e. The highest BCUT2D eigenvalue weighted by atomic mass is 31.2. The molecule has 0 aromatic rings. The summed E-state index contributed by atoms with van der Waals surface area (Å²) in [6.07, 6.45) is -2.29. The van der Waals surface area contributed by atoms with Crippen LogP contribution in [0.5, 0.6) is 0 Å². The van der Waals surface area contributed by atoms with Crippen LogP contribution in [-0.4, -0.2) is 48.2 Å². The smallest absolute Gasteiger partial charge is 0.344 e. The molecule has 0 aromatic carbocycles. The second-order valence-electron chi connectivity index (χ2n) is 5.17. The number of hydrogen-bond acceptors (Lipinski definition) is 4. The molecule has 0 saturated carbocycles. The van der Waals surface area contributed by atoms with Crippen LogP contribution in [0.2, 0.25) is 0 Å². The van der Waals surface area contributed by atoms with Gasteiger partial charge in [0, 0.05) is 0 Å². The number of carboxylic acid groups (broad SMARTS) is 3. The fourth-order valence-corrected chi connectivity index (χ4v) is 4.56. The van der Waals surface area contributed by atoms with Crippen LogP contribution in [0.3, 0.4) is 0 Å². The minimum atomic E-state index is -5.48. The molecule has 5 N–H and O–H groups in total. The third-order valence-electron chi connectivity index (χ3n) is 3.79. The van der Waals surface area contributed by atoms with Crippen molar-refractivity contribution in [2.45, 2.75) is 51.1 Å². The fraction of sp³-hybridized carbons (Fsp3) is 0.750. The van der Waals surface area contributed by atoms with Crippen LogP contribution in [0.4, 0.5) is 0 Å². The highest BCUT2D eigenvalue weighted by molar-refractivity contribution is 7.55. The summed E-state index contributed by atoms with van der Waals surface area (Å²) in [4.78, 5) is 53.8. The summed E-state index contributed by atoms with van der Waals surface area (Å²) in [5, 5.41) is 25.0. The van der Waals surface area contributed by atoms with Gasteiger partial charge in [-0.2, -0.15) is 0 Å². The van der Waals surface area contributed by atoms with Gasteiger partial charge in [-0.1, -0.05) is 26.7 Å². The molecule has 0 aromatic heterocycles. The van der Waals surface area contributed by atoms with Crippen molar-refractivity contribution in [3.63, 3.8) is 0 Å². The molecule has 0 saturated heterocycles. The minimum absolute atomic E-state index is 0.0320. The Labute approximate surface area is 127 Å². The van der Waals surface area contributed by atoms with Crippen molar-refractivity contribution in [3.05, 3.63) is 0 Å². The lowest BCUT2D eigenvalue weighted by atomic mass is 9.67. The van der Waals surface area contributed by atoms with E-state index in [-0.39, 0.29) is 12.8 Å². The zero-order valence-corrected chi connectivity index (χ0v) is 13.2. The molecule has 0 fully saturated rings. The first-order valence-corrected chi connectivity index (χ1v) is 8.28. The molecule has 0 aliphatic carbocycles. The first kappa shape index (κ1) is 20.6. The van der Waals surface area contributed by atoms with E-state index in [1.165, 1.54) is 13.8 Å². The monoisotopic (exact) mass is 340 g/mol. The van der Waals surface area contributed by atoms with Crippen LogP contribution in [0, 0.1) is 5.41 Å². The lowest BCUT2D eigenvalue weighted by Crippen LogP contribution is -2.58. The van der Waals surface area contributed by atoms with Crippen molar-refractivity contribution >= 4 is 25.5 Å². The van der Waals surface area contributed by atoms with Gasteiger partial charge in [0.1, 0.15) is 5.41 Å². The molecule has 10 heteroatoms. The SMILES string of the molecule is CCCC(CC(=O)O)(C(=O)O)C(CCC)(C(=O)O)P(=O)(O)O. The maximum Gasteiger partial charge on any atom is 0.344 e. The van der Waals surface area contributed by atoms with E-state index in [2.05, 4.69) is 0 Å². The van der Waals surface area contributed by atoms with Crippen LogP contribution >= 0.6 is 7.60 Å². The summed E-state index contributed by atoms with van der Waals surface area (Å²) >= 11 is 0. The Kier molecular flexibility index (Phi) is 6.74. The highest BCUT2D eigenvalue weighted by Crippen LogP contribution is 2.64. The molecule has 0 bridgehead atoms. The highest BCUT2D eigenvalue weighted by Gasteiger charge is 2.70. The van der Waals surface area contributed by atoms with E-state index in [1.54, 1.807) is 0 Å². The summed E-state index contributed by atoms with van der Waals surface area (Å²) in [6.45, 7) is 2.92. The zero-order valence-electron chi connectivity index (χ0n) is 12.4. The van der Waals surface area contributed by atoms with Crippen LogP contribution in [-0.2, 0) is 18.9 Å². The van der Waals surface area contributed by atoms with E-state index >= 15 is 0 Å². The number of hydrogen-bond donors (Lipinski definition) is 5. The number of carbonyl (C=O) groups is 3. The van der Waals surface area contributed by atoms with Gasteiger partial charge in [0.2, 0.25) is 0 Å². The van der Waals surface area contributed by atoms with Crippen LogP contribution in [0.25, 0.3) is 0 Å². The molecule has 2 atom stereocenters. The number of aliphatic carboxylic acids is 3. The third kappa shape index (κ3) is 3.31. The van der Waals surface area contributed by atoms with Gasteiger partial charge in [0.25, 0.3) is 0 Å². The van der Waals surface area contributed by atoms with Gasteiger partial charge < -0.3 is 25.1 Å². The summed E-state index contributed by atoms with van der Waals surface area (Å²) in [6, 6.07) is 0. The Bertz CT molecular complexity index is 497. The van der Waals surface area contributed by atoms with Crippen molar-refractivity contribution in [2.75, 3.05) is 0 Å². The van der Waals surface area contributed by atoms with E-state index in [0.29, 0.717) is 0 Å². The largest absolute Gasteiger partial charge is 0.481 e. The molecule has 0 rings (SSSR count). The lowest BCUT2D eigenvalue weighted by Gasteiger charge is -2.44. The van der Waals surface area contributed by atoms with Gasteiger partial charge in [-0.25, -0.2) is 0 Å². The zero-order chi connectivity index (χ0) is 17.8. The molecule has 0 aliphatic heterocycles. The number of rotatable bonds is 10. The first-order chi connectivity index (χ1) is 9.92. The maximum atomic E-state index is 11.9. The van der Waals surface area contributed by atoms with Gasteiger partial charge >= 0.3 is 25.5 Å². The first-order valence-electron chi connectivity index (χ1n) is 6.67. The third-order valence-corrected chi connectivity index (χ3v) is 5.63. The molecule has 2 unspecified atom stereocenters. The Hall–Kier alpha value is -1.44. The van der Waals surface area contributed by atoms with E-state index in [1.807, 2.05) is 0 Å². The summed E-state index contributed by atoms with van der Waals surface area (Å²) in [5.41, 5.74) is -2.60. The average Bonchev–Trinajstić information content (AvgIpc) is 2.32. The molecule has 0 aliphatic rings. The fourth-order valence-electron chi connectivity index (χ4n) is 2.95. The second-order valence-corrected chi connectivity index (χ2v) is 7.02. The summed E-state index contributed by atoms with van der Waals surface area (Å²) < 4.78 is 11.9. The van der Waals surface area contributed by atoms with Crippen molar-refractivity contribution in [1.82, 2.24) is 0 Å². The molecule has 9 nitrogen and oxygen atoms in total. The normalized spacial score (nSPS) is 17.3. The van der Waals surface area contributed by atoms with Crippen LogP contribution in [0.1, 0.15) is 46.0 Å². The quantitative estimate of drug-likeness (QED) is 0.366. The lowest BCUT2D eigenvalue weighted by molar-refractivity contribution is -0.167. The van der Waals surface area contributed by atoms with Crippen molar-refractivity contribution < 1.29 is 44.1 Å². The van der Waals surface area contributed by atoms with Crippen molar-refractivity contribution in [3.8, 4) is 0 Å². The summed E-state index contributed by atoms with van der Waals surface area (Å²) in [7, 11) is -5.48. The van der Waals surface area contributed by atoms with E-state index in [4.69, 9.17) is 5.11 Å². The topological polar surface area (TPSA) is 169 Å². The second kappa shape index (κ2) is 7.21. The molecule has 0 radical (unpaired) electrons. The van der Waals surface area contributed by atoms with Gasteiger partial charge in [0.05, 0.1) is 6.42 Å². The molecule has 128 valence electrons. The van der Waals surface area contributed by atoms with Crippen LogP contribution in [0.15, 0.2) is 0 Å². The Morgan fingerprint density at radius 3 is 1.59 bits per heavy atom.